The van der Waals surface area contributed by atoms with E-state index in [9.17, 15) is 4.39 Å². The third-order valence-electron chi connectivity index (χ3n) is 1.24. The molecule has 0 saturated heterocycles. The molecule has 0 aliphatic carbocycles. The lowest BCUT2D eigenvalue weighted by Crippen LogP contribution is -1.98. The Kier molecular flexibility index (Phi) is 4.28. The Bertz CT molecular complexity index is 267. The SMILES string of the molecule is FCCOc1ccc(I)c(Br)c1. The topological polar surface area (TPSA) is 9.23 Å². The van der Waals surface area contributed by atoms with Gasteiger partial charge in [-0.2, -0.15) is 0 Å². The third kappa shape index (κ3) is 2.90. The van der Waals surface area contributed by atoms with Gasteiger partial charge in [0.1, 0.15) is 19.0 Å². The van der Waals surface area contributed by atoms with E-state index in [2.05, 4.69) is 38.5 Å². The van der Waals surface area contributed by atoms with Gasteiger partial charge in [0.25, 0.3) is 0 Å². The van der Waals surface area contributed by atoms with E-state index in [4.69, 9.17) is 4.74 Å². The standard InChI is InChI=1S/C8H7BrFIO/c9-7-5-6(12-4-3-10)1-2-8(7)11/h1-2,5H,3-4H2. The maximum absolute atomic E-state index is 11.7. The van der Waals surface area contributed by atoms with Crippen LogP contribution in [-0.4, -0.2) is 13.3 Å². The molecule has 0 spiro atoms. The van der Waals surface area contributed by atoms with Crippen LogP contribution in [0.25, 0.3) is 0 Å². The summed E-state index contributed by atoms with van der Waals surface area (Å²) >= 11 is 5.56. The molecular weight excluding hydrogens is 338 g/mol. The fraction of sp³-hybridized carbons (Fsp3) is 0.250. The van der Waals surface area contributed by atoms with Crippen molar-refractivity contribution in [1.82, 2.24) is 0 Å². The van der Waals surface area contributed by atoms with Gasteiger partial charge >= 0.3 is 0 Å². The van der Waals surface area contributed by atoms with E-state index >= 15 is 0 Å². The number of rotatable bonds is 3. The van der Waals surface area contributed by atoms with E-state index in [0.29, 0.717) is 5.75 Å². The molecule has 0 aliphatic rings. The molecule has 0 amide bonds. The fourth-order valence-electron chi connectivity index (χ4n) is 0.723. The summed E-state index contributed by atoms with van der Waals surface area (Å²) in [6, 6.07) is 5.57. The summed E-state index contributed by atoms with van der Waals surface area (Å²) in [6.07, 6.45) is 0. The molecule has 1 aromatic carbocycles. The van der Waals surface area contributed by atoms with E-state index in [1.807, 2.05) is 18.2 Å². The van der Waals surface area contributed by atoms with Gasteiger partial charge in [-0.15, -0.1) is 0 Å². The van der Waals surface area contributed by atoms with Crippen LogP contribution in [0.15, 0.2) is 22.7 Å². The van der Waals surface area contributed by atoms with Gasteiger partial charge in [0.2, 0.25) is 0 Å². The maximum atomic E-state index is 11.7. The molecule has 0 heterocycles. The van der Waals surface area contributed by atoms with Crippen molar-refractivity contribution in [3.05, 3.63) is 26.2 Å². The van der Waals surface area contributed by atoms with Crippen LogP contribution in [-0.2, 0) is 0 Å². The average Bonchev–Trinajstić information content (AvgIpc) is 2.07. The third-order valence-corrected chi connectivity index (χ3v) is 3.57. The monoisotopic (exact) mass is 344 g/mol. The average molecular weight is 345 g/mol. The molecule has 1 nitrogen and oxygen atoms in total. The van der Waals surface area contributed by atoms with Gasteiger partial charge in [0, 0.05) is 8.04 Å². The van der Waals surface area contributed by atoms with Crippen LogP contribution in [0, 0.1) is 3.57 Å². The Morgan fingerprint density at radius 3 is 2.83 bits per heavy atom. The number of hydrogen-bond acceptors (Lipinski definition) is 1. The molecular formula is C8H7BrFIO. The Balaban J connectivity index is 2.69. The first-order chi connectivity index (χ1) is 5.74. The highest BCUT2D eigenvalue weighted by Crippen LogP contribution is 2.24. The van der Waals surface area contributed by atoms with Crippen molar-refractivity contribution in [1.29, 1.82) is 0 Å². The van der Waals surface area contributed by atoms with Crippen molar-refractivity contribution in [2.45, 2.75) is 0 Å². The van der Waals surface area contributed by atoms with Gasteiger partial charge in [0.15, 0.2) is 0 Å². The van der Waals surface area contributed by atoms with Crippen molar-refractivity contribution in [2.75, 3.05) is 13.3 Å². The fourth-order valence-corrected chi connectivity index (χ4v) is 1.42. The van der Waals surface area contributed by atoms with Crippen LogP contribution in [0.2, 0.25) is 0 Å². The Morgan fingerprint density at radius 1 is 1.50 bits per heavy atom. The Hall–Kier alpha value is 0.160. The van der Waals surface area contributed by atoms with Crippen LogP contribution in [0.4, 0.5) is 4.39 Å². The van der Waals surface area contributed by atoms with E-state index in [1.54, 1.807) is 0 Å². The lowest BCUT2D eigenvalue weighted by molar-refractivity contribution is 0.273. The molecule has 0 radical (unpaired) electrons. The molecule has 66 valence electrons. The summed E-state index contributed by atoms with van der Waals surface area (Å²) in [7, 11) is 0. The van der Waals surface area contributed by atoms with Crippen molar-refractivity contribution < 1.29 is 9.13 Å². The van der Waals surface area contributed by atoms with E-state index in [1.165, 1.54) is 0 Å². The molecule has 0 aliphatic heterocycles. The van der Waals surface area contributed by atoms with Gasteiger partial charge in [-0.25, -0.2) is 4.39 Å². The number of halogens is 3. The zero-order valence-corrected chi connectivity index (χ0v) is 9.93. The molecule has 0 unspecified atom stereocenters. The molecule has 0 atom stereocenters. The summed E-state index contributed by atoms with van der Waals surface area (Å²) in [4.78, 5) is 0. The quantitative estimate of drug-likeness (QED) is 0.764. The first-order valence-corrected chi connectivity index (χ1v) is 5.25. The highest BCUT2D eigenvalue weighted by atomic mass is 127. The lowest BCUT2D eigenvalue weighted by Gasteiger charge is -2.04. The highest BCUT2D eigenvalue weighted by Gasteiger charge is 1.98. The number of hydrogen-bond donors (Lipinski definition) is 0. The summed E-state index contributed by atoms with van der Waals surface area (Å²) in [5, 5.41) is 0. The highest BCUT2D eigenvalue weighted by molar-refractivity contribution is 14.1. The zero-order chi connectivity index (χ0) is 8.97. The number of ether oxygens (including phenoxy) is 1. The second-order valence-electron chi connectivity index (χ2n) is 2.11. The normalized spacial score (nSPS) is 9.92. The van der Waals surface area contributed by atoms with Crippen molar-refractivity contribution in [2.24, 2.45) is 0 Å². The van der Waals surface area contributed by atoms with Gasteiger partial charge in [-0.1, -0.05) is 0 Å². The number of alkyl halides is 1. The predicted octanol–water partition coefficient (Wildman–Crippen LogP) is 3.40. The minimum Gasteiger partial charge on any atom is -0.491 e. The summed E-state index contributed by atoms with van der Waals surface area (Å²) in [5.74, 6) is 0.694. The molecule has 12 heavy (non-hydrogen) atoms. The van der Waals surface area contributed by atoms with Crippen LogP contribution < -0.4 is 4.74 Å². The van der Waals surface area contributed by atoms with Crippen LogP contribution in [0.3, 0.4) is 0 Å². The molecule has 0 saturated carbocycles. The molecule has 0 fully saturated rings. The lowest BCUT2D eigenvalue weighted by atomic mass is 10.3. The van der Waals surface area contributed by atoms with Crippen molar-refractivity contribution in [3.63, 3.8) is 0 Å². The molecule has 0 N–H and O–H groups in total. The molecule has 0 aromatic heterocycles. The summed E-state index contributed by atoms with van der Waals surface area (Å²) < 4.78 is 18.9. The van der Waals surface area contributed by atoms with Crippen molar-refractivity contribution >= 4 is 38.5 Å². The largest absolute Gasteiger partial charge is 0.491 e. The van der Waals surface area contributed by atoms with Gasteiger partial charge in [-0.3, -0.25) is 0 Å². The second kappa shape index (κ2) is 5.01. The number of benzene rings is 1. The summed E-state index contributed by atoms with van der Waals surface area (Å²) in [6.45, 7) is -0.337. The van der Waals surface area contributed by atoms with Crippen LogP contribution in [0.1, 0.15) is 0 Å². The minimum absolute atomic E-state index is 0.118. The zero-order valence-electron chi connectivity index (χ0n) is 6.19. The van der Waals surface area contributed by atoms with Gasteiger partial charge in [0.05, 0.1) is 0 Å². The van der Waals surface area contributed by atoms with E-state index in [-0.39, 0.29) is 6.61 Å². The van der Waals surface area contributed by atoms with Crippen molar-refractivity contribution in [3.8, 4) is 5.75 Å². The Morgan fingerprint density at radius 2 is 2.25 bits per heavy atom. The summed E-state index contributed by atoms with van der Waals surface area (Å²) in [5.41, 5.74) is 0. The first kappa shape index (κ1) is 10.2. The second-order valence-corrected chi connectivity index (χ2v) is 4.13. The van der Waals surface area contributed by atoms with E-state index in [0.717, 1.165) is 8.04 Å². The van der Waals surface area contributed by atoms with E-state index < -0.39 is 6.67 Å². The van der Waals surface area contributed by atoms with Gasteiger partial charge in [-0.05, 0) is 56.7 Å². The molecule has 4 heteroatoms. The molecule has 0 bridgehead atoms. The smallest absolute Gasteiger partial charge is 0.123 e. The minimum atomic E-state index is -0.455. The first-order valence-electron chi connectivity index (χ1n) is 3.38. The Labute approximate surface area is 92.6 Å². The molecule has 1 aromatic rings. The van der Waals surface area contributed by atoms with Crippen LogP contribution >= 0.6 is 38.5 Å². The predicted molar refractivity (Wildman–Crippen MR) is 58.3 cm³/mol. The maximum Gasteiger partial charge on any atom is 0.123 e. The molecule has 1 rings (SSSR count). The van der Waals surface area contributed by atoms with Crippen LogP contribution in [0.5, 0.6) is 5.75 Å². The van der Waals surface area contributed by atoms with Gasteiger partial charge < -0.3 is 4.74 Å².